The molecule has 0 unspecified atom stereocenters. The Labute approximate surface area is 78.0 Å². The van der Waals surface area contributed by atoms with Crippen LogP contribution in [-0.4, -0.2) is 38.1 Å². The lowest BCUT2D eigenvalue weighted by molar-refractivity contribution is -0.146. The highest BCUT2D eigenvalue weighted by Crippen LogP contribution is 2.38. The van der Waals surface area contributed by atoms with Crippen molar-refractivity contribution in [2.45, 2.75) is 11.8 Å². The van der Waals surface area contributed by atoms with Gasteiger partial charge in [0.05, 0.1) is 17.5 Å². The number of aliphatic hydroxyl groups excluding tert-OH is 1. The zero-order valence-electron chi connectivity index (χ0n) is 6.56. The summed E-state index contributed by atoms with van der Waals surface area (Å²) >= 11 is 1.38. The number of fused-ring (bicyclic) bond motifs is 1. The highest BCUT2D eigenvalue weighted by atomic mass is 32.2. The number of hydrogen-bond donors (Lipinski definition) is 2. The number of hydrogen-bond acceptors (Lipinski definition) is 4. The van der Waals surface area contributed by atoms with E-state index >= 15 is 0 Å². The van der Waals surface area contributed by atoms with E-state index in [0.717, 1.165) is 4.90 Å². The van der Waals surface area contributed by atoms with Gasteiger partial charge in [-0.15, -0.1) is 11.8 Å². The lowest BCUT2D eigenvalue weighted by Gasteiger charge is -2.42. The summed E-state index contributed by atoms with van der Waals surface area (Å²) in [4.78, 5) is 22.9. The number of carbonyl (C=O) groups is 2. The summed E-state index contributed by atoms with van der Waals surface area (Å²) in [6.07, 6.45) is 0.370. The van der Waals surface area contributed by atoms with Crippen LogP contribution in [0.5, 0.6) is 0 Å². The highest BCUT2D eigenvalue weighted by molar-refractivity contribution is 8.00. The maximum absolute atomic E-state index is 11.0. The fourth-order valence-electron chi connectivity index (χ4n) is 1.40. The second kappa shape index (κ2) is 2.66. The molecule has 1 saturated heterocycles. The molecule has 0 radical (unpaired) electrons. The molecular formula is C7H7NO4S. The van der Waals surface area contributed by atoms with Crippen molar-refractivity contribution in [1.82, 2.24) is 4.90 Å². The number of carboxylic acids is 1. The molecule has 1 amide bonds. The number of amides is 1. The van der Waals surface area contributed by atoms with Crippen LogP contribution in [0.4, 0.5) is 0 Å². The Morgan fingerprint density at radius 1 is 1.62 bits per heavy atom. The molecule has 0 spiro atoms. The SMILES string of the molecule is O=C(O)C1=C(O)CS[C@H]2CC(=O)N12. The smallest absolute Gasteiger partial charge is 0.356 e. The van der Waals surface area contributed by atoms with Crippen LogP contribution in [0.25, 0.3) is 0 Å². The predicted molar refractivity (Wildman–Crippen MR) is 45.0 cm³/mol. The molecule has 1 fully saturated rings. The van der Waals surface area contributed by atoms with Crippen molar-refractivity contribution in [2.75, 3.05) is 5.75 Å². The van der Waals surface area contributed by atoms with Crippen molar-refractivity contribution in [3.63, 3.8) is 0 Å². The standard InChI is InChI=1S/C7H7NO4S/c9-3-2-13-5-1-4(10)8(5)6(3)7(11)12/h5,9H,1-2H2,(H,11,12)/t5-/m0/s1. The molecule has 1 atom stereocenters. The summed E-state index contributed by atoms with van der Waals surface area (Å²) in [5.74, 6) is -1.42. The van der Waals surface area contributed by atoms with Gasteiger partial charge in [0.25, 0.3) is 0 Å². The number of β-lactam (4-membered cyclic amide) rings is 1. The maximum Gasteiger partial charge on any atom is 0.356 e. The normalized spacial score (nSPS) is 26.9. The highest BCUT2D eigenvalue weighted by Gasteiger charge is 2.45. The van der Waals surface area contributed by atoms with E-state index in [1.807, 2.05) is 0 Å². The van der Waals surface area contributed by atoms with Crippen molar-refractivity contribution >= 4 is 23.6 Å². The average molecular weight is 201 g/mol. The molecule has 0 bridgehead atoms. The molecule has 5 nitrogen and oxygen atoms in total. The van der Waals surface area contributed by atoms with Gasteiger partial charge in [0.2, 0.25) is 5.91 Å². The van der Waals surface area contributed by atoms with Crippen molar-refractivity contribution < 1.29 is 19.8 Å². The number of carbonyl (C=O) groups excluding carboxylic acids is 1. The van der Waals surface area contributed by atoms with E-state index in [2.05, 4.69) is 0 Å². The van der Waals surface area contributed by atoms with Crippen LogP contribution >= 0.6 is 11.8 Å². The number of carboxylic acid groups (broad SMARTS) is 1. The van der Waals surface area contributed by atoms with E-state index in [4.69, 9.17) is 5.11 Å². The fraction of sp³-hybridized carbons (Fsp3) is 0.429. The molecule has 0 aliphatic carbocycles. The molecule has 6 heteroatoms. The van der Waals surface area contributed by atoms with E-state index in [0.29, 0.717) is 6.42 Å². The zero-order valence-corrected chi connectivity index (χ0v) is 7.37. The first-order valence-corrected chi connectivity index (χ1v) is 4.75. The number of rotatable bonds is 1. The second-order valence-corrected chi connectivity index (χ2v) is 4.00. The van der Waals surface area contributed by atoms with Gasteiger partial charge in [-0.25, -0.2) is 4.79 Å². The quantitative estimate of drug-likeness (QED) is 0.590. The van der Waals surface area contributed by atoms with Crippen molar-refractivity contribution in [1.29, 1.82) is 0 Å². The van der Waals surface area contributed by atoms with Crippen LogP contribution in [0.15, 0.2) is 11.5 Å². The van der Waals surface area contributed by atoms with Gasteiger partial charge in [-0.2, -0.15) is 0 Å². The third kappa shape index (κ3) is 1.09. The molecule has 2 rings (SSSR count). The van der Waals surface area contributed by atoms with Crippen LogP contribution in [0, 0.1) is 0 Å². The topological polar surface area (TPSA) is 77.8 Å². The van der Waals surface area contributed by atoms with Gasteiger partial charge in [-0.3, -0.25) is 9.69 Å². The van der Waals surface area contributed by atoms with Gasteiger partial charge in [0.1, 0.15) is 5.76 Å². The third-order valence-corrected chi connectivity index (χ3v) is 3.24. The van der Waals surface area contributed by atoms with E-state index in [1.165, 1.54) is 11.8 Å². The van der Waals surface area contributed by atoms with Crippen molar-refractivity contribution in [3.05, 3.63) is 11.5 Å². The Morgan fingerprint density at radius 3 is 2.77 bits per heavy atom. The molecule has 2 aliphatic rings. The second-order valence-electron chi connectivity index (χ2n) is 2.83. The maximum atomic E-state index is 11.0. The van der Waals surface area contributed by atoms with Crippen molar-refractivity contribution in [3.8, 4) is 0 Å². The molecular weight excluding hydrogens is 194 g/mol. The number of thioether (sulfide) groups is 1. The lowest BCUT2D eigenvalue weighted by Crippen LogP contribution is -2.53. The molecule has 2 N–H and O–H groups in total. The van der Waals surface area contributed by atoms with Gasteiger partial charge in [-0.1, -0.05) is 0 Å². The summed E-state index contributed by atoms with van der Waals surface area (Å²) in [6.45, 7) is 0. The first-order valence-electron chi connectivity index (χ1n) is 3.70. The molecule has 0 aromatic carbocycles. The summed E-state index contributed by atoms with van der Waals surface area (Å²) < 4.78 is 0. The minimum absolute atomic E-state index is 0.0884. The van der Waals surface area contributed by atoms with E-state index < -0.39 is 5.97 Å². The van der Waals surface area contributed by atoms with E-state index in [-0.39, 0.29) is 28.5 Å². The Morgan fingerprint density at radius 2 is 2.31 bits per heavy atom. The van der Waals surface area contributed by atoms with Crippen LogP contribution in [-0.2, 0) is 9.59 Å². The molecule has 13 heavy (non-hydrogen) atoms. The van der Waals surface area contributed by atoms with E-state index in [1.54, 1.807) is 0 Å². The minimum Gasteiger partial charge on any atom is -0.509 e. The Kier molecular flexibility index (Phi) is 1.73. The number of nitrogens with zero attached hydrogens (tertiary/aromatic N) is 1. The molecule has 0 aromatic rings. The summed E-state index contributed by atoms with van der Waals surface area (Å²) in [6, 6.07) is 0. The van der Waals surface area contributed by atoms with Gasteiger partial charge in [0.15, 0.2) is 5.70 Å². The molecule has 2 aliphatic heterocycles. The van der Waals surface area contributed by atoms with Crippen LogP contribution in [0.1, 0.15) is 6.42 Å². The Bertz CT molecular complexity index is 324. The van der Waals surface area contributed by atoms with Crippen LogP contribution in [0.3, 0.4) is 0 Å². The van der Waals surface area contributed by atoms with Crippen LogP contribution in [0.2, 0.25) is 0 Å². The van der Waals surface area contributed by atoms with Gasteiger partial charge >= 0.3 is 5.97 Å². The molecule has 0 saturated carbocycles. The minimum atomic E-state index is -1.24. The van der Waals surface area contributed by atoms with E-state index in [9.17, 15) is 14.7 Å². The van der Waals surface area contributed by atoms with Gasteiger partial charge < -0.3 is 10.2 Å². The number of aliphatic carboxylic acids is 1. The van der Waals surface area contributed by atoms with Gasteiger partial charge in [0, 0.05) is 0 Å². The summed E-state index contributed by atoms with van der Waals surface area (Å²) in [5, 5.41) is 17.9. The molecule has 0 aromatic heterocycles. The molecule has 2 heterocycles. The third-order valence-electron chi connectivity index (χ3n) is 2.04. The molecule has 70 valence electrons. The zero-order chi connectivity index (χ0) is 9.59. The van der Waals surface area contributed by atoms with Crippen molar-refractivity contribution in [2.24, 2.45) is 0 Å². The first kappa shape index (κ1) is 8.43. The largest absolute Gasteiger partial charge is 0.509 e. The fourth-order valence-corrected chi connectivity index (χ4v) is 2.52. The Hall–Kier alpha value is -1.17. The Balaban J connectivity index is 2.37. The predicted octanol–water partition coefficient (Wildman–Crippen LogP) is 0.146. The van der Waals surface area contributed by atoms with Crippen LogP contribution < -0.4 is 0 Å². The first-order chi connectivity index (χ1) is 6.11. The lowest BCUT2D eigenvalue weighted by atomic mass is 10.1. The van der Waals surface area contributed by atoms with Gasteiger partial charge in [-0.05, 0) is 0 Å². The summed E-state index contributed by atoms with van der Waals surface area (Å²) in [7, 11) is 0. The monoisotopic (exact) mass is 201 g/mol. The number of aliphatic hydroxyl groups is 1. The average Bonchev–Trinajstić information content (AvgIpc) is 2.05. The summed E-state index contributed by atoms with van der Waals surface area (Å²) in [5.41, 5.74) is -0.250.